The molecule has 0 spiro atoms. The summed E-state index contributed by atoms with van der Waals surface area (Å²) in [5.41, 5.74) is 0. The Morgan fingerprint density at radius 2 is 1.89 bits per heavy atom. The number of urea groups is 1. The predicted octanol–water partition coefficient (Wildman–Crippen LogP) is 0.537. The van der Waals surface area contributed by atoms with Crippen LogP contribution in [-0.2, 0) is 4.79 Å². The van der Waals surface area contributed by atoms with Gasteiger partial charge in [0.05, 0.1) is 6.04 Å². The lowest BCUT2D eigenvalue weighted by Gasteiger charge is -2.34. The Hall–Kier alpha value is -1.30. The van der Waals surface area contributed by atoms with Crippen molar-refractivity contribution in [3.05, 3.63) is 0 Å². The van der Waals surface area contributed by atoms with E-state index in [1.807, 2.05) is 0 Å². The van der Waals surface area contributed by atoms with Crippen molar-refractivity contribution >= 4 is 12.0 Å². The average molecular weight is 269 g/mol. The van der Waals surface area contributed by atoms with Gasteiger partial charge in [0.15, 0.2) is 0 Å². The van der Waals surface area contributed by atoms with Crippen LogP contribution >= 0.6 is 0 Å². The third kappa shape index (κ3) is 2.68. The minimum atomic E-state index is -0.939. The lowest BCUT2D eigenvalue weighted by Crippen LogP contribution is -2.42. The van der Waals surface area contributed by atoms with Crippen molar-refractivity contribution in [2.45, 2.75) is 31.8 Å². The van der Waals surface area contributed by atoms with Crippen LogP contribution in [0.25, 0.3) is 0 Å². The zero-order valence-electron chi connectivity index (χ0n) is 11.9. The van der Waals surface area contributed by atoms with Gasteiger partial charge in [-0.05, 0) is 45.8 Å². The summed E-state index contributed by atoms with van der Waals surface area (Å²) in [7, 11) is 3.90. The minimum Gasteiger partial charge on any atom is -0.480 e. The number of carboxylic acids is 1. The highest BCUT2D eigenvalue weighted by atomic mass is 16.4. The molecular weight excluding hydrogens is 246 g/mol. The molecule has 2 fully saturated rings. The van der Waals surface area contributed by atoms with Gasteiger partial charge in [0, 0.05) is 13.6 Å². The van der Waals surface area contributed by atoms with Gasteiger partial charge in [0.1, 0.15) is 6.04 Å². The van der Waals surface area contributed by atoms with E-state index in [0.717, 1.165) is 25.9 Å². The predicted molar refractivity (Wildman–Crippen MR) is 71.0 cm³/mol. The van der Waals surface area contributed by atoms with Gasteiger partial charge in [-0.25, -0.2) is 9.59 Å². The first-order valence-corrected chi connectivity index (χ1v) is 6.86. The monoisotopic (exact) mass is 269 g/mol. The van der Waals surface area contributed by atoms with Gasteiger partial charge in [-0.15, -0.1) is 0 Å². The maximum absolute atomic E-state index is 12.1. The largest absolute Gasteiger partial charge is 0.480 e. The van der Waals surface area contributed by atoms with E-state index in [1.165, 1.54) is 4.90 Å². The van der Waals surface area contributed by atoms with Gasteiger partial charge in [-0.2, -0.15) is 0 Å². The van der Waals surface area contributed by atoms with E-state index in [-0.39, 0.29) is 12.1 Å². The standard InChI is InChI=1S/C13H23N3O3/c1-9(12(17)18)16-8-11(15(3)13(16)19)10-4-6-14(2)7-5-10/h9-11H,4-8H2,1-3H3,(H,17,18). The van der Waals surface area contributed by atoms with Crippen molar-refractivity contribution in [1.29, 1.82) is 0 Å². The second-order valence-corrected chi connectivity index (χ2v) is 5.77. The van der Waals surface area contributed by atoms with Crippen molar-refractivity contribution in [3.63, 3.8) is 0 Å². The third-order valence-corrected chi connectivity index (χ3v) is 4.56. The van der Waals surface area contributed by atoms with Crippen LogP contribution in [0.2, 0.25) is 0 Å². The summed E-state index contributed by atoms with van der Waals surface area (Å²) >= 11 is 0. The summed E-state index contributed by atoms with van der Waals surface area (Å²) in [6.45, 7) is 4.22. The van der Waals surface area contributed by atoms with Gasteiger partial charge in [0.25, 0.3) is 0 Å². The van der Waals surface area contributed by atoms with Crippen LogP contribution in [0, 0.1) is 5.92 Å². The number of likely N-dealkylation sites (N-methyl/N-ethyl adjacent to an activating group) is 1. The summed E-state index contributed by atoms with van der Waals surface area (Å²) in [6, 6.07) is -0.743. The topological polar surface area (TPSA) is 64.1 Å². The maximum atomic E-state index is 12.1. The summed E-state index contributed by atoms with van der Waals surface area (Å²) < 4.78 is 0. The Morgan fingerprint density at radius 1 is 1.32 bits per heavy atom. The fraction of sp³-hybridized carbons (Fsp3) is 0.846. The fourth-order valence-corrected chi connectivity index (χ4v) is 3.08. The number of likely N-dealkylation sites (tertiary alicyclic amines) is 1. The molecule has 0 aromatic carbocycles. The zero-order chi connectivity index (χ0) is 14.2. The number of carbonyl (C=O) groups is 2. The molecule has 2 heterocycles. The average Bonchev–Trinajstić information content (AvgIpc) is 2.67. The number of aliphatic carboxylic acids is 1. The van der Waals surface area contributed by atoms with Crippen molar-refractivity contribution in [2.75, 3.05) is 33.7 Å². The Labute approximate surface area is 114 Å². The smallest absolute Gasteiger partial charge is 0.326 e. The SMILES string of the molecule is CC(C(=O)O)N1CC(C2CCN(C)CC2)N(C)C1=O. The van der Waals surface area contributed by atoms with Crippen LogP contribution in [0.15, 0.2) is 0 Å². The van der Waals surface area contributed by atoms with E-state index < -0.39 is 12.0 Å². The van der Waals surface area contributed by atoms with Crippen LogP contribution in [0.5, 0.6) is 0 Å². The van der Waals surface area contributed by atoms with Crippen LogP contribution in [0.1, 0.15) is 19.8 Å². The van der Waals surface area contributed by atoms with Crippen molar-refractivity contribution < 1.29 is 14.7 Å². The van der Waals surface area contributed by atoms with E-state index in [0.29, 0.717) is 12.5 Å². The second kappa shape index (κ2) is 5.36. The molecule has 0 aromatic rings. The van der Waals surface area contributed by atoms with Crippen LogP contribution < -0.4 is 0 Å². The summed E-state index contributed by atoms with van der Waals surface area (Å²) in [6.07, 6.45) is 2.15. The van der Waals surface area contributed by atoms with Crippen molar-refractivity contribution in [2.24, 2.45) is 5.92 Å². The lowest BCUT2D eigenvalue weighted by atomic mass is 9.89. The minimum absolute atomic E-state index is 0.154. The molecule has 0 radical (unpaired) electrons. The molecule has 2 amide bonds. The molecule has 0 bridgehead atoms. The number of hydrogen-bond donors (Lipinski definition) is 1. The molecule has 0 saturated carbocycles. The van der Waals surface area contributed by atoms with E-state index >= 15 is 0 Å². The van der Waals surface area contributed by atoms with E-state index in [1.54, 1.807) is 18.9 Å². The molecule has 6 nitrogen and oxygen atoms in total. The Balaban J connectivity index is 2.04. The zero-order valence-corrected chi connectivity index (χ0v) is 11.9. The molecule has 2 aliphatic heterocycles. The molecule has 2 atom stereocenters. The van der Waals surface area contributed by atoms with Gasteiger partial charge >= 0.3 is 12.0 Å². The molecule has 0 aliphatic carbocycles. The van der Waals surface area contributed by atoms with Crippen molar-refractivity contribution in [1.82, 2.24) is 14.7 Å². The second-order valence-electron chi connectivity index (χ2n) is 5.77. The maximum Gasteiger partial charge on any atom is 0.326 e. The molecule has 19 heavy (non-hydrogen) atoms. The summed E-state index contributed by atoms with van der Waals surface area (Å²) in [5.74, 6) is -0.457. The molecule has 1 N–H and O–H groups in total. The number of carboxylic acid groups (broad SMARTS) is 1. The van der Waals surface area contributed by atoms with E-state index in [9.17, 15) is 9.59 Å². The number of piperidine rings is 1. The molecule has 2 saturated heterocycles. The number of carbonyl (C=O) groups excluding carboxylic acids is 1. The number of nitrogens with zero attached hydrogens (tertiary/aromatic N) is 3. The molecular formula is C13H23N3O3. The fourth-order valence-electron chi connectivity index (χ4n) is 3.08. The molecule has 2 rings (SSSR count). The normalized spacial score (nSPS) is 27.9. The van der Waals surface area contributed by atoms with Gasteiger partial charge in [-0.3, -0.25) is 0 Å². The molecule has 2 unspecified atom stereocenters. The quantitative estimate of drug-likeness (QED) is 0.812. The first-order valence-electron chi connectivity index (χ1n) is 6.86. The highest BCUT2D eigenvalue weighted by molar-refractivity contribution is 5.84. The summed E-state index contributed by atoms with van der Waals surface area (Å²) in [5, 5.41) is 9.06. The Kier molecular flexibility index (Phi) is 3.99. The van der Waals surface area contributed by atoms with Crippen molar-refractivity contribution in [3.8, 4) is 0 Å². The summed E-state index contributed by atoms with van der Waals surface area (Å²) in [4.78, 5) is 28.7. The number of rotatable bonds is 3. The number of amides is 2. The lowest BCUT2D eigenvalue weighted by molar-refractivity contribution is -0.141. The first-order chi connectivity index (χ1) is 8.91. The van der Waals surface area contributed by atoms with Crippen LogP contribution in [0.3, 0.4) is 0 Å². The highest BCUT2D eigenvalue weighted by Crippen LogP contribution is 2.29. The van der Waals surface area contributed by atoms with Crippen LogP contribution in [0.4, 0.5) is 4.79 Å². The van der Waals surface area contributed by atoms with E-state index in [4.69, 9.17) is 5.11 Å². The first kappa shape index (κ1) is 14.1. The van der Waals surface area contributed by atoms with Crippen LogP contribution in [-0.4, -0.2) is 77.6 Å². The molecule has 0 aromatic heterocycles. The Morgan fingerprint density at radius 3 is 2.42 bits per heavy atom. The molecule has 6 heteroatoms. The molecule has 2 aliphatic rings. The highest BCUT2D eigenvalue weighted by Gasteiger charge is 2.43. The van der Waals surface area contributed by atoms with E-state index in [2.05, 4.69) is 11.9 Å². The van der Waals surface area contributed by atoms with Gasteiger partial charge in [-0.1, -0.05) is 0 Å². The Bertz CT molecular complexity index is 366. The third-order valence-electron chi connectivity index (χ3n) is 4.56. The van der Waals surface area contributed by atoms with Gasteiger partial charge in [0.2, 0.25) is 0 Å². The number of hydrogen-bond acceptors (Lipinski definition) is 3. The van der Waals surface area contributed by atoms with Gasteiger partial charge < -0.3 is 19.8 Å². The molecule has 108 valence electrons.